The number of nitrogens with zero attached hydrogens (tertiary/aromatic N) is 1. The Bertz CT molecular complexity index is 371. The molecule has 0 amide bonds. The lowest BCUT2D eigenvalue weighted by atomic mass is 9.71. The summed E-state index contributed by atoms with van der Waals surface area (Å²) in [5.74, 6) is 2.35. The van der Waals surface area contributed by atoms with E-state index in [1.54, 1.807) is 0 Å². The topological polar surface area (TPSA) is 38.9 Å². The third-order valence-electron chi connectivity index (χ3n) is 4.89. The monoisotopic (exact) mass is 260 g/mol. The largest absolute Gasteiger partial charge is 0.330 e. The Kier molecular flexibility index (Phi) is 5.38. The van der Waals surface area contributed by atoms with Gasteiger partial charge in [-0.3, -0.25) is 4.98 Å². The fourth-order valence-electron chi connectivity index (χ4n) is 3.41. The molecule has 1 aliphatic carbocycles. The van der Waals surface area contributed by atoms with Crippen molar-refractivity contribution in [1.82, 2.24) is 4.98 Å². The van der Waals surface area contributed by atoms with Gasteiger partial charge in [-0.2, -0.15) is 0 Å². The maximum absolute atomic E-state index is 5.96. The molecule has 3 unspecified atom stereocenters. The second-order valence-electron chi connectivity index (χ2n) is 6.06. The SMILES string of the molecule is CCc1ccc(CC2CC(CC)CCC2CN)nc1. The fourth-order valence-corrected chi connectivity index (χ4v) is 3.41. The summed E-state index contributed by atoms with van der Waals surface area (Å²) in [6.07, 6.45) is 9.56. The summed E-state index contributed by atoms with van der Waals surface area (Å²) in [6, 6.07) is 4.43. The van der Waals surface area contributed by atoms with Gasteiger partial charge in [0.05, 0.1) is 0 Å². The summed E-state index contributed by atoms with van der Waals surface area (Å²) in [4.78, 5) is 4.62. The summed E-state index contributed by atoms with van der Waals surface area (Å²) in [6.45, 7) is 5.33. The molecule has 1 heterocycles. The molecule has 3 atom stereocenters. The van der Waals surface area contributed by atoms with E-state index in [1.165, 1.54) is 36.9 Å². The van der Waals surface area contributed by atoms with E-state index >= 15 is 0 Å². The van der Waals surface area contributed by atoms with Crippen LogP contribution in [-0.2, 0) is 12.8 Å². The standard InChI is InChI=1S/C17H28N2/c1-3-13-5-7-15(11-18)16(9-13)10-17-8-6-14(4-2)12-19-17/h6,8,12-13,15-16H,3-5,7,9-11,18H2,1-2H3. The molecule has 0 aliphatic heterocycles. The van der Waals surface area contributed by atoms with Gasteiger partial charge in [0.15, 0.2) is 0 Å². The predicted molar refractivity (Wildman–Crippen MR) is 81.0 cm³/mol. The minimum absolute atomic E-state index is 0.704. The Morgan fingerprint density at radius 3 is 2.63 bits per heavy atom. The van der Waals surface area contributed by atoms with Crippen molar-refractivity contribution in [2.45, 2.75) is 52.4 Å². The first-order valence-electron chi connectivity index (χ1n) is 7.90. The van der Waals surface area contributed by atoms with Crippen LogP contribution in [0.1, 0.15) is 50.8 Å². The van der Waals surface area contributed by atoms with Gasteiger partial charge in [0, 0.05) is 11.9 Å². The Morgan fingerprint density at radius 1 is 1.21 bits per heavy atom. The number of nitrogens with two attached hydrogens (primary N) is 1. The number of aromatic nitrogens is 1. The van der Waals surface area contributed by atoms with Gasteiger partial charge in [-0.15, -0.1) is 0 Å². The summed E-state index contributed by atoms with van der Waals surface area (Å²) in [7, 11) is 0. The van der Waals surface area contributed by atoms with Crippen LogP contribution < -0.4 is 5.73 Å². The molecule has 1 fully saturated rings. The van der Waals surface area contributed by atoms with E-state index in [4.69, 9.17) is 5.73 Å². The maximum Gasteiger partial charge on any atom is 0.0406 e. The molecular formula is C17H28N2. The highest BCUT2D eigenvalue weighted by atomic mass is 14.7. The zero-order chi connectivity index (χ0) is 13.7. The lowest BCUT2D eigenvalue weighted by Gasteiger charge is -2.35. The number of rotatable bonds is 5. The van der Waals surface area contributed by atoms with E-state index in [0.717, 1.165) is 31.2 Å². The smallest absolute Gasteiger partial charge is 0.0406 e. The zero-order valence-electron chi connectivity index (χ0n) is 12.4. The first-order chi connectivity index (χ1) is 9.26. The van der Waals surface area contributed by atoms with Crippen molar-refractivity contribution in [3.63, 3.8) is 0 Å². The second kappa shape index (κ2) is 7.04. The number of pyridine rings is 1. The molecule has 2 N–H and O–H groups in total. The lowest BCUT2D eigenvalue weighted by molar-refractivity contribution is 0.179. The number of aryl methyl sites for hydroxylation is 1. The Labute approximate surface area is 117 Å². The van der Waals surface area contributed by atoms with E-state index < -0.39 is 0 Å². The highest BCUT2D eigenvalue weighted by molar-refractivity contribution is 5.14. The highest BCUT2D eigenvalue weighted by Crippen LogP contribution is 2.36. The molecule has 1 aromatic heterocycles. The third kappa shape index (κ3) is 3.79. The van der Waals surface area contributed by atoms with Crippen LogP contribution in [0.3, 0.4) is 0 Å². The van der Waals surface area contributed by atoms with Crippen LogP contribution in [0.5, 0.6) is 0 Å². The van der Waals surface area contributed by atoms with E-state index in [0.29, 0.717) is 5.92 Å². The summed E-state index contributed by atoms with van der Waals surface area (Å²) in [5.41, 5.74) is 8.53. The molecule has 2 nitrogen and oxygen atoms in total. The van der Waals surface area contributed by atoms with Crippen molar-refractivity contribution in [2.24, 2.45) is 23.5 Å². The Morgan fingerprint density at radius 2 is 2.05 bits per heavy atom. The molecular weight excluding hydrogens is 232 g/mol. The average molecular weight is 260 g/mol. The van der Waals surface area contributed by atoms with Crippen molar-refractivity contribution in [3.8, 4) is 0 Å². The quantitative estimate of drug-likeness (QED) is 0.878. The first kappa shape index (κ1) is 14.5. The van der Waals surface area contributed by atoms with Crippen LogP contribution in [0.4, 0.5) is 0 Å². The summed E-state index contributed by atoms with van der Waals surface area (Å²) >= 11 is 0. The molecule has 1 saturated carbocycles. The molecule has 2 rings (SSSR count). The van der Waals surface area contributed by atoms with Crippen molar-refractivity contribution in [1.29, 1.82) is 0 Å². The first-order valence-corrected chi connectivity index (χ1v) is 7.90. The molecule has 0 radical (unpaired) electrons. The van der Waals surface area contributed by atoms with Gasteiger partial charge < -0.3 is 5.73 Å². The highest BCUT2D eigenvalue weighted by Gasteiger charge is 2.29. The molecule has 0 saturated heterocycles. The summed E-state index contributed by atoms with van der Waals surface area (Å²) in [5, 5.41) is 0. The molecule has 2 heteroatoms. The molecule has 1 aromatic rings. The fraction of sp³-hybridized carbons (Fsp3) is 0.706. The van der Waals surface area contributed by atoms with Crippen LogP contribution in [0.15, 0.2) is 18.3 Å². The minimum atomic E-state index is 0.704. The molecule has 0 bridgehead atoms. The number of hydrogen-bond acceptors (Lipinski definition) is 2. The molecule has 106 valence electrons. The Hall–Kier alpha value is -0.890. The van der Waals surface area contributed by atoms with Crippen molar-refractivity contribution in [3.05, 3.63) is 29.6 Å². The van der Waals surface area contributed by atoms with E-state index in [-0.39, 0.29) is 0 Å². The van der Waals surface area contributed by atoms with Gasteiger partial charge in [-0.1, -0.05) is 32.8 Å². The molecule has 0 spiro atoms. The van der Waals surface area contributed by atoms with E-state index in [1.807, 2.05) is 6.20 Å². The minimum Gasteiger partial charge on any atom is -0.330 e. The lowest BCUT2D eigenvalue weighted by Crippen LogP contribution is -2.31. The zero-order valence-corrected chi connectivity index (χ0v) is 12.4. The van der Waals surface area contributed by atoms with E-state index in [9.17, 15) is 0 Å². The van der Waals surface area contributed by atoms with Crippen molar-refractivity contribution < 1.29 is 0 Å². The van der Waals surface area contributed by atoms with Gasteiger partial charge >= 0.3 is 0 Å². The van der Waals surface area contributed by atoms with E-state index in [2.05, 4.69) is 31.0 Å². The van der Waals surface area contributed by atoms with Gasteiger partial charge in [-0.05, 0) is 61.6 Å². The van der Waals surface area contributed by atoms with Crippen LogP contribution in [0.25, 0.3) is 0 Å². The average Bonchev–Trinajstić information content (AvgIpc) is 2.48. The molecule has 0 aromatic carbocycles. The van der Waals surface area contributed by atoms with Crippen LogP contribution >= 0.6 is 0 Å². The van der Waals surface area contributed by atoms with Gasteiger partial charge in [0.1, 0.15) is 0 Å². The Balaban J connectivity index is 2.01. The predicted octanol–water partition coefficient (Wildman–Crippen LogP) is 3.59. The molecule has 19 heavy (non-hydrogen) atoms. The normalized spacial score (nSPS) is 27.4. The second-order valence-corrected chi connectivity index (χ2v) is 6.06. The number of hydrogen-bond donors (Lipinski definition) is 1. The van der Waals surface area contributed by atoms with Crippen LogP contribution in [0, 0.1) is 17.8 Å². The van der Waals surface area contributed by atoms with Gasteiger partial charge in [0.2, 0.25) is 0 Å². The summed E-state index contributed by atoms with van der Waals surface area (Å²) < 4.78 is 0. The molecule has 1 aliphatic rings. The van der Waals surface area contributed by atoms with Crippen molar-refractivity contribution in [2.75, 3.05) is 6.54 Å². The van der Waals surface area contributed by atoms with Gasteiger partial charge in [0.25, 0.3) is 0 Å². The third-order valence-corrected chi connectivity index (χ3v) is 4.89. The van der Waals surface area contributed by atoms with Gasteiger partial charge in [-0.25, -0.2) is 0 Å². The maximum atomic E-state index is 5.96. The van der Waals surface area contributed by atoms with Crippen LogP contribution in [-0.4, -0.2) is 11.5 Å². The van der Waals surface area contributed by atoms with Crippen LogP contribution in [0.2, 0.25) is 0 Å². The van der Waals surface area contributed by atoms with Crippen molar-refractivity contribution >= 4 is 0 Å².